The molecule has 0 bridgehead atoms. The lowest BCUT2D eigenvalue weighted by molar-refractivity contribution is -0.159. The molecule has 2 aromatic rings. The highest BCUT2D eigenvalue weighted by atomic mass is 79.9. The van der Waals surface area contributed by atoms with Crippen molar-refractivity contribution in [1.29, 1.82) is 0 Å². The van der Waals surface area contributed by atoms with Crippen molar-refractivity contribution >= 4 is 27.9 Å². The Kier molecular flexibility index (Phi) is 7.02. The standard InChI is InChI=1S/C23H25BrO6/c1-27-19-10-9-16-17(13-5-7-15(24)8-6-13)11-14(20(16)21(19)28-2)12-18(22(25)29-3)23(26)30-4/h5-10,14,17-18H,11-12H2,1-4H3. The van der Waals surface area contributed by atoms with Crippen LogP contribution < -0.4 is 9.47 Å². The van der Waals surface area contributed by atoms with E-state index in [1.54, 1.807) is 14.2 Å². The molecule has 2 atom stereocenters. The van der Waals surface area contributed by atoms with Gasteiger partial charge in [0.1, 0.15) is 0 Å². The van der Waals surface area contributed by atoms with E-state index in [2.05, 4.69) is 28.1 Å². The van der Waals surface area contributed by atoms with Crippen molar-refractivity contribution in [2.45, 2.75) is 24.7 Å². The lowest BCUT2D eigenvalue weighted by Crippen LogP contribution is -2.28. The Morgan fingerprint density at radius 3 is 2.13 bits per heavy atom. The van der Waals surface area contributed by atoms with E-state index in [9.17, 15) is 9.59 Å². The Morgan fingerprint density at radius 1 is 0.967 bits per heavy atom. The zero-order chi connectivity index (χ0) is 21.8. The molecule has 1 aliphatic rings. The molecule has 0 amide bonds. The normalized spacial score (nSPS) is 17.4. The Bertz CT molecular complexity index is 908. The zero-order valence-corrected chi connectivity index (χ0v) is 19.0. The minimum Gasteiger partial charge on any atom is -0.493 e. The van der Waals surface area contributed by atoms with Crippen LogP contribution in [0.5, 0.6) is 11.5 Å². The van der Waals surface area contributed by atoms with Gasteiger partial charge in [-0.2, -0.15) is 0 Å². The minimum absolute atomic E-state index is 0.105. The van der Waals surface area contributed by atoms with Gasteiger partial charge in [0, 0.05) is 16.0 Å². The van der Waals surface area contributed by atoms with Crippen LogP contribution in [0.15, 0.2) is 40.9 Å². The molecule has 30 heavy (non-hydrogen) atoms. The Morgan fingerprint density at radius 2 is 1.60 bits per heavy atom. The fraction of sp³-hybridized carbons (Fsp3) is 0.391. The molecule has 0 aromatic heterocycles. The van der Waals surface area contributed by atoms with Gasteiger partial charge in [0.25, 0.3) is 0 Å². The largest absolute Gasteiger partial charge is 0.493 e. The van der Waals surface area contributed by atoms with E-state index in [1.807, 2.05) is 24.3 Å². The second-order valence-corrected chi connectivity index (χ2v) is 8.09. The van der Waals surface area contributed by atoms with E-state index in [0.29, 0.717) is 11.5 Å². The molecule has 2 unspecified atom stereocenters. The summed E-state index contributed by atoms with van der Waals surface area (Å²) in [6.07, 6.45) is 0.994. The molecule has 6 nitrogen and oxygen atoms in total. The summed E-state index contributed by atoms with van der Waals surface area (Å²) in [5.74, 6) is -0.957. The molecule has 1 aliphatic carbocycles. The van der Waals surface area contributed by atoms with Gasteiger partial charge in [0.2, 0.25) is 0 Å². The smallest absolute Gasteiger partial charge is 0.320 e. The highest BCUT2D eigenvalue weighted by Gasteiger charge is 2.40. The van der Waals surface area contributed by atoms with Gasteiger partial charge in [-0.05, 0) is 48.1 Å². The quantitative estimate of drug-likeness (QED) is 0.434. The average Bonchev–Trinajstić information content (AvgIpc) is 3.14. The fourth-order valence-corrected chi connectivity index (χ4v) is 4.57. The maximum absolute atomic E-state index is 12.3. The molecule has 3 rings (SSSR count). The Hall–Kier alpha value is -2.54. The van der Waals surface area contributed by atoms with Crippen molar-refractivity contribution in [3.8, 4) is 11.5 Å². The average molecular weight is 477 g/mol. The highest BCUT2D eigenvalue weighted by Crippen LogP contribution is 2.53. The Balaban J connectivity index is 2.08. The molecule has 0 spiro atoms. The number of rotatable bonds is 7. The van der Waals surface area contributed by atoms with E-state index in [-0.39, 0.29) is 18.3 Å². The van der Waals surface area contributed by atoms with Crippen LogP contribution in [0.3, 0.4) is 0 Å². The second kappa shape index (κ2) is 9.51. The summed E-state index contributed by atoms with van der Waals surface area (Å²) in [6, 6.07) is 12.1. The first-order valence-electron chi connectivity index (χ1n) is 9.61. The summed E-state index contributed by atoms with van der Waals surface area (Å²) >= 11 is 3.48. The lowest BCUT2D eigenvalue weighted by atomic mass is 9.88. The molecule has 0 fully saturated rings. The van der Waals surface area contributed by atoms with Crippen LogP contribution in [0.4, 0.5) is 0 Å². The van der Waals surface area contributed by atoms with E-state index in [1.165, 1.54) is 14.2 Å². The van der Waals surface area contributed by atoms with Gasteiger partial charge >= 0.3 is 11.9 Å². The minimum atomic E-state index is -1.00. The molecule has 0 aliphatic heterocycles. The van der Waals surface area contributed by atoms with Crippen molar-refractivity contribution in [2.24, 2.45) is 5.92 Å². The van der Waals surface area contributed by atoms with Gasteiger partial charge in [-0.1, -0.05) is 34.1 Å². The first-order valence-corrected chi connectivity index (χ1v) is 10.4. The number of ether oxygens (including phenoxy) is 4. The van der Waals surface area contributed by atoms with E-state index >= 15 is 0 Å². The molecule has 160 valence electrons. The number of fused-ring (bicyclic) bond motifs is 1. The number of esters is 2. The first-order chi connectivity index (χ1) is 14.4. The SMILES string of the molecule is COC(=O)C(CC1CC(c2ccc(Br)cc2)c2ccc(OC)c(OC)c21)C(=O)OC. The van der Waals surface area contributed by atoms with Gasteiger partial charge in [0.15, 0.2) is 17.4 Å². The molecular formula is C23H25BrO6. The van der Waals surface area contributed by atoms with Gasteiger partial charge < -0.3 is 18.9 Å². The van der Waals surface area contributed by atoms with E-state index in [0.717, 1.165) is 27.6 Å². The van der Waals surface area contributed by atoms with Crippen LogP contribution in [-0.2, 0) is 19.1 Å². The maximum Gasteiger partial charge on any atom is 0.320 e. The summed E-state index contributed by atoms with van der Waals surface area (Å²) in [7, 11) is 5.73. The zero-order valence-electron chi connectivity index (χ0n) is 17.4. The fourth-order valence-electron chi connectivity index (χ4n) is 4.30. The number of halogens is 1. The third-order valence-electron chi connectivity index (χ3n) is 5.69. The summed E-state index contributed by atoms with van der Waals surface area (Å²) in [5.41, 5.74) is 3.22. The van der Waals surface area contributed by atoms with Gasteiger partial charge in [-0.25, -0.2) is 0 Å². The monoisotopic (exact) mass is 476 g/mol. The van der Waals surface area contributed by atoms with Crippen LogP contribution in [-0.4, -0.2) is 40.4 Å². The molecular weight excluding hydrogens is 452 g/mol. The van der Waals surface area contributed by atoms with Crippen LogP contribution in [0, 0.1) is 5.92 Å². The summed E-state index contributed by atoms with van der Waals surface area (Å²) in [6.45, 7) is 0. The molecule has 0 radical (unpaired) electrons. The number of carbonyl (C=O) groups is 2. The van der Waals surface area contributed by atoms with Gasteiger partial charge in [-0.15, -0.1) is 0 Å². The Labute approximate surface area is 184 Å². The van der Waals surface area contributed by atoms with Crippen molar-refractivity contribution in [3.05, 3.63) is 57.6 Å². The third kappa shape index (κ3) is 4.17. The third-order valence-corrected chi connectivity index (χ3v) is 6.21. The predicted octanol–water partition coefficient (Wildman–Crippen LogP) is 4.44. The number of methoxy groups -OCH3 is 4. The molecule has 0 N–H and O–H groups in total. The second-order valence-electron chi connectivity index (χ2n) is 7.18. The molecule has 0 heterocycles. The topological polar surface area (TPSA) is 71.1 Å². The van der Waals surface area contributed by atoms with Crippen molar-refractivity contribution in [1.82, 2.24) is 0 Å². The van der Waals surface area contributed by atoms with Crippen molar-refractivity contribution in [2.75, 3.05) is 28.4 Å². The first kappa shape index (κ1) is 22.2. The number of carbonyl (C=O) groups excluding carboxylic acids is 2. The van der Waals surface area contributed by atoms with Gasteiger partial charge in [0.05, 0.1) is 28.4 Å². The van der Waals surface area contributed by atoms with Crippen molar-refractivity contribution in [3.63, 3.8) is 0 Å². The molecule has 0 saturated heterocycles. The summed E-state index contributed by atoms with van der Waals surface area (Å²) in [4.78, 5) is 24.6. The predicted molar refractivity (Wildman–Crippen MR) is 115 cm³/mol. The van der Waals surface area contributed by atoms with Gasteiger partial charge in [-0.3, -0.25) is 9.59 Å². The van der Waals surface area contributed by atoms with Crippen LogP contribution in [0.1, 0.15) is 41.4 Å². The maximum atomic E-state index is 12.3. The highest BCUT2D eigenvalue weighted by molar-refractivity contribution is 9.10. The number of benzene rings is 2. The van der Waals surface area contributed by atoms with E-state index < -0.39 is 17.9 Å². The van der Waals surface area contributed by atoms with Crippen LogP contribution in [0.25, 0.3) is 0 Å². The van der Waals surface area contributed by atoms with Crippen LogP contribution in [0.2, 0.25) is 0 Å². The molecule has 0 saturated carbocycles. The lowest BCUT2D eigenvalue weighted by Gasteiger charge is -2.20. The number of hydrogen-bond donors (Lipinski definition) is 0. The van der Waals surface area contributed by atoms with E-state index in [4.69, 9.17) is 18.9 Å². The summed E-state index contributed by atoms with van der Waals surface area (Å²) < 4.78 is 21.9. The summed E-state index contributed by atoms with van der Waals surface area (Å²) in [5, 5.41) is 0. The molecule has 7 heteroatoms. The number of hydrogen-bond acceptors (Lipinski definition) is 6. The van der Waals surface area contributed by atoms with Crippen LogP contribution >= 0.6 is 15.9 Å². The van der Waals surface area contributed by atoms with Crippen molar-refractivity contribution < 1.29 is 28.5 Å². The molecule has 2 aromatic carbocycles.